The van der Waals surface area contributed by atoms with Crippen LogP contribution >= 0.6 is 0 Å². The van der Waals surface area contributed by atoms with Crippen molar-refractivity contribution in [1.82, 2.24) is 9.97 Å². The smallest absolute Gasteiger partial charge is 0.147 e. The normalized spacial score (nSPS) is 17.6. The van der Waals surface area contributed by atoms with Crippen molar-refractivity contribution < 1.29 is 4.39 Å². The van der Waals surface area contributed by atoms with Gasteiger partial charge in [0.2, 0.25) is 0 Å². The van der Waals surface area contributed by atoms with Gasteiger partial charge >= 0.3 is 0 Å². The molecule has 1 aliphatic rings. The number of nitriles is 1. The monoisotopic (exact) mass is 311 g/mol. The third-order valence-electron chi connectivity index (χ3n) is 3.95. The van der Waals surface area contributed by atoms with E-state index in [1.54, 1.807) is 24.5 Å². The number of aromatic nitrogens is 2. The Morgan fingerprint density at radius 2 is 2.26 bits per heavy atom. The van der Waals surface area contributed by atoms with Gasteiger partial charge in [0.1, 0.15) is 11.6 Å². The number of halogens is 1. The fourth-order valence-corrected chi connectivity index (χ4v) is 2.89. The van der Waals surface area contributed by atoms with E-state index in [9.17, 15) is 4.39 Å². The third-order valence-corrected chi connectivity index (χ3v) is 3.95. The van der Waals surface area contributed by atoms with Crippen LogP contribution in [-0.4, -0.2) is 29.1 Å². The molecule has 23 heavy (non-hydrogen) atoms. The molecule has 0 amide bonds. The molecule has 1 fully saturated rings. The summed E-state index contributed by atoms with van der Waals surface area (Å²) in [5.41, 5.74) is 1.75. The second kappa shape index (κ2) is 6.61. The molecular formula is C17H18FN5. The molecule has 1 N–H and O–H groups in total. The van der Waals surface area contributed by atoms with Gasteiger partial charge in [0.15, 0.2) is 0 Å². The summed E-state index contributed by atoms with van der Waals surface area (Å²) in [5, 5.41) is 12.2. The quantitative estimate of drug-likeness (QED) is 0.944. The van der Waals surface area contributed by atoms with Crippen LogP contribution in [0, 0.1) is 24.1 Å². The molecule has 118 valence electrons. The second-order valence-corrected chi connectivity index (χ2v) is 5.75. The first kappa shape index (κ1) is 15.2. The van der Waals surface area contributed by atoms with Gasteiger partial charge in [-0.05, 0) is 38.0 Å². The van der Waals surface area contributed by atoms with E-state index in [0.29, 0.717) is 17.8 Å². The Hall–Kier alpha value is -2.68. The van der Waals surface area contributed by atoms with Crippen molar-refractivity contribution in [3.05, 3.63) is 47.7 Å². The summed E-state index contributed by atoms with van der Waals surface area (Å²) < 4.78 is 14.2. The largest absolute Gasteiger partial charge is 0.367 e. The van der Waals surface area contributed by atoms with Crippen LogP contribution in [0.5, 0.6) is 0 Å². The van der Waals surface area contributed by atoms with E-state index >= 15 is 0 Å². The molecule has 0 radical (unpaired) electrons. The van der Waals surface area contributed by atoms with E-state index in [0.717, 1.165) is 30.9 Å². The van der Waals surface area contributed by atoms with E-state index in [1.165, 1.54) is 6.07 Å². The topological polar surface area (TPSA) is 64.8 Å². The summed E-state index contributed by atoms with van der Waals surface area (Å²) in [6.45, 7) is 3.40. The number of hydrogen-bond acceptors (Lipinski definition) is 5. The summed E-state index contributed by atoms with van der Waals surface area (Å²) in [6.07, 6.45) is 5.39. The third kappa shape index (κ3) is 3.57. The molecule has 5 nitrogen and oxygen atoms in total. The van der Waals surface area contributed by atoms with Gasteiger partial charge in [-0.1, -0.05) is 0 Å². The lowest BCUT2D eigenvalue weighted by atomic mass is 10.0. The maximum absolute atomic E-state index is 14.2. The zero-order chi connectivity index (χ0) is 16.2. The van der Waals surface area contributed by atoms with Crippen molar-refractivity contribution in [1.29, 1.82) is 5.26 Å². The first-order chi connectivity index (χ1) is 11.2. The van der Waals surface area contributed by atoms with Crippen molar-refractivity contribution in [2.45, 2.75) is 25.8 Å². The van der Waals surface area contributed by atoms with Gasteiger partial charge in [-0.3, -0.25) is 4.98 Å². The molecule has 0 saturated carbocycles. The number of rotatable bonds is 3. The van der Waals surface area contributed by atoms with Crippen LogP contribution in [-0.2, 0) is 0 Å². The maximum atomic E-state index is 14.2. The highest BCUT2D eigenvalue weighted by Gasteiger charge is 2.22. The van der Waals surface area contributed by atoms with Gasteiger partial charge in [0.25, 0.3) is 0 Å². The van der Waals surface area contributed by atoms with Crippen LogP contribution < -0.4 is 10.2 Å². The number of benzene rings is 1. The van der Waals surface area contributed by atoms with Gasteiger partial charge in [-0.25, -0.2) is 9.37 Å². The Morgan fingerprint density at radius 3 is 3.00 bits per heavy atom. The average Bonchev–Trinajstić information content (AvgIpc) is 2.55. The van der Waals surface area contributed by atoms with E-state index in [1.807, 2.05) is 17.9 Å². The van der Waals surface area contributed by atoms with Gasteiger partial charge in [-0.15, -0.1) is 0 Å². The van der Waals surface area contributed by atoms with Crippen LogP contribution in [0.25, 0.3) is 0 Å². The molecule has 1 aromatic heterocycles. The van der Waals surface area contributed by atoms with E-state index < -0.39 is 0 Å². The Morgan fingerprint density at radius 1 is 1.39 bits per heavy atom. The number of hydrogen-bond donors (Lipinski definition) is 1. The zero-order valence-corrected chi connectivity index (χ0v) is 13.0. The Bertz CT molecular complexity index is 740. The molecule has 0 bridgehead atoms. The van der Waals surface area contributed by atoms with E-state index in [4.69, 9.17) is 5.26 Å². The van der Waals surface area contributed by atoms with Crippen LogP contribution in [0.4, 0.5) is 15.9 Å². The molecule has 1 aliphatic heterocycles. The second-order valence-electron chi connectivity index (χ2n) is 5.75. The Balaban J connectivity index is 1.72. The lowest BCUT2D eigenvalue weighted by Crippen LogP contribution is -2.42. The number of nitrogens with one attached hydrogen (secondary N) is 1. The molecule has 2 heterocycles. The molecular weight excluding hydrogens is 293 g/mol. The van der Waals surface area contributed by atoms with Gasteiger partial charge in [0.05, 0.1) is 29.2 Å². The van der Waals surface area contributed by atoms with Crippen molar-refractivity contribution >= 4 is 11.5 Å². The highest BCUT2D eigenvalue weighted by molar-refractivity contribution is 5.52. The molecule has 0 spiro atoms. The highest BCUT2D eigenvalue weighted by Crippen LogP contribution is 2.25. The number of aryl methyl sites for hydroxylation is 1. The molecule has 1 aromatic carbocycles. The Labute approximate surface area is 134 Å². The fourth-order valence-electron chi connectivity index (χ4n) is 2.89. The van der Waals surface area contributed by atoms with Crippen molar-refractivity contribution in [3.63, 3.8) is 0 Å². The average molecular weight is 311 g/mol. The van der Waals surface area contributed by atoms with Crippen LogP contribution in [0.15, 0.2) is 30.6 Å². The summed E-state index contributed by atoms with van der Waals surface area (Å²) in [5.74, 6) is 0.400. The van der Waals surface area contributed by atoms with E-state index in [-0.39, 0.29) is 11.9 Å². The van der Waals surface area contributed by atoms with E-state index in [2.05, 4.69) is 15.3 Å². The van der Waals surface area contributed by atoms with Gasteiger partial charge in [-0.2, -0.15) is 5.26 Å². The van der Waals surface area contributed by atoms with Crippen LogP contribution in [0.1, 0.15) is 24.1 Å². The minimum atomic E-state index is -0.347. The molecule has 1 saturated heterocycles. The SMILES string of the molecule is Cc1cncc(NC2CCCN(c3ccc(C#N)cc3F)C2)n1. The van der Waals surface area contributed by atoms with Crippen LogP contribution in [0.3, 0.4) is 0 Å². The van der Waals surface area contributed by atoms with Gasteiger partial charge in [0, 0.05) is 25.3 Å². The predicted molar refractivity (Wildman–Crippen MR) is 86.7 cm³/mol. The zero-order valence-electron chi connectivity index (χ0n) is 13.0. The van der Waals surface area contributed by atoms with Crippen LogP contribution in [0.2, 0.25) is 0 Å². The lowest BCUT2D eigenvalue weighted by molar-refractivity contribution is 0.518. The first-order valence-electron chi connectivity index (χ1n) is 7.65. The minimum Gasteiger partial charge on any atom is -0.367 e. The summed E-state index contributed by atoms with van der Waals surface area (Å²) in [6, 6.07) is 6.78. The molecule has 2 aromatic rings. The Kier molecular flexibility index (Phi) is 4.38. The van der Waals surface area contributed by atoms with Gasteiger partial charge < -0.3 is 10.2 Å². The first-order valence-corrected chi connectivity index (χ1v) is 7.65. The molecule has 1 unspecified atom stereocenters. The number of anilines is 2. The fraction of sp³-hybridized carbons (Fsp3) is 0.353. The molecule has 1 atom stereocenters. The predicted octanol–water partition coefficient (Wildman–Crippen LogP) is 2.88. The maximum Gasteiger partial charge on any atom is 0.147 e. The molecule has 3 rings (SSSR count). The summed E-state index contributed by atoms with van der Waals surface area (Å²) in [7, 11) is 0. The standard InChI is InChI=1S/C17H18FN5/c1-12-9-20-10-17(21-12)22-14-3-2-6-23(11-14)16-5-4-13(8-19)7-15(16)18/h4-5,7,9-10,14H,2-3,6,11H2,1H3,(H,21,22). The number of piperidine rings is 1. The molecule has 6 heteroatoms. The van der Waals surface area contributed by atoms with Crippen molar-refractivity contribution in [3.8, 4) is 6.07 Å². The highest BCUT2D eigenvalue weighted by atomic mass is 19.1. The number of nitrogens with zero attached hydrogens (tertiary/aromatic N) is 4. The molecule has 0 aliphatic carbocycles. The summed E-state index contributed by atoms with van der Waals surface area (Å²) in [4.78, 5) is 10.5. The van der Waals surface area contributed by atoms with Crippen molar-refractivity contribution in [2.24, 2.45) is 0 Å². The minimum absolute atomic E-state index is 0.190. The lowest BCUT2D eigenvalue weighted by Gasteiger charge is -2.35. The van der Waals surface area contributed by atoms with Crippen molar-refractivity contribution in [2.75, 3.05) is 23.3 Å². The summed E-state index contributed by atoms with van der Waals surface area (Å²) >= 11 is 0.